The topological polar surface area (TPSA) is 32.8 Å². The van der Waals surface area contributed by atoms with E-state index in [1.165, 1.54) is 19.4 Å². The van der Waals surface area contributed by atoms with Gasteiger partial charge in [0.2, 0.25) is 0 Å². The highest BCUT2D eigenvalue weighted by Crippen LogP contribution is 2.34. The summed E-state index contributed by atoms with van der Waals surface area (Å²) in [4.78, 5) is 17.1. The number of thiophene rings is 1. The third kappa shape index (κ3) is 3.07. The number of rotatable bonds is 5. The lowest BCUT2D eigenvalue weighted by Gasteiger charge is -2.49. The minimum atomic E-state index is 0.204. The number of hydrogen-bond acceptors (Lipinski definition) is 4. The summed E-state index contributed by atoms with van der Waals surface area (Å²) in [5.41, 5.74) is 0.850. The number of amides is 1. The van der Waals surface area contributed by atoms with Gasteiger partial charge in [-0.25, -0.2) is 0 Å². The Hall–Kier alpha value is -0.910. The lowest BCUT2D eigenvalue weighted by atomic mass is 9.98. The molecule has 1 aromatic rings. The normalized spacial score (nSPS) is 23.8. The lowest BCUT2D eigenvalue weighted by Crippen LogP contribution is -2.63. The summed E-state index contributed by atoms with van der Waals surface area (Å²) in [6.07, 6.45) is 5.09. The SMILES string of the molecule is O=C(c1ccsc1)N1CC(N(CC2CC2)C2CCOCC2)C1. The first-order valence-corrected chi connectivity index (χ1v) is 9.40. The summed E-state index contributed by atoms with van der Waals surface area (Å²) in [6, 6.07) is 3.16. The Kier molecular flexibility index (Phi) is 4.20. The van der Waals surface area contributed by atoms with E-state index in [0.717, 1.165) is 50.6 Å². The second-order valence-electron chi connectivity index (χ2n) is 6.86. The minimum absolute atomic E-state index is 0.204. The van der Waals surface area contributed by atoms with Crippen LogP contribution in [-0.2, 0) is 4.74 Å². The Morgan fingerprint density at radius 3 is 2.64 bits per heavy atom. The zero-order chi connectivity index (χ0) is 14.9. The molecule has 4 nitrogen and oxygen atoms in total. The first-order chi connectivity index (χ1) is 10.8. The fourth-order valence-corrected chi connectivity index (χ4v) is 4.24. The molecular formula is C17H24N2O2S. The van der Waals surface area contributed by atoms with Crippen molar-refractivity contribution in [1.82, 2.24) is 9.80 Å². The van der Waals surface area contributed by atoms with E-state index in [0.29, 0.717) is 12.1 Å². The van der Waals surface area contributed by atoms with Crippen molar-refractivity contribution in [3.05, 3.63) is 22.4 Å². The molecule has 3 aliphatic rings. The predicted molar refractivity (Wildman–Crippen MR) is 87.3 cm³/mol. The molecule has 0 bridgehead atoms. The van der Waals surface area contributed by atoms with Crippen LogP contribution in [0, 0.1) is 5.92 Å². The smallest absolute Gasteiger partial charge is 0.254 e. The molecule has 2 saturated heterocycles. The van der Waals surface area contributed by atoms with E-state index < -0.39 is 0 Å². The first kappa shape index (κ1) is 14.7. The Balaban J connectivity index is 1.36. The standard InChI is InChI=1S/C17H24N2O2S/c20-17(14-5-8-22-12-14)18-10-16(11-18)19(9-13-1-2-13)15-3-6-21-7-4-15/h5,8,12-13,15-16H,1-4,6-7,9-11H2. The molecule has 3 heterocycles. The van der Waals surface area contributed by atoms with Gasteiger partial charge in [0, 0.05) is 50.3 Å². The van der Waals surface area contributed by atoms with E-state index in [1.54, 1.807) is 11.3 Å². The number of ether oxygens (including phenoxy) is 1. The van der Waals surface area contributed by atoms with Crippen molar-refractivity contribution in [3.63, 3.8) is 0 Å². The van der Waals surface area contributed by atoms with Gasteiger partial charge in [0.15, 0.2) is 0 Å². The average Bonchev–Trinajstić information content (AvgIpc) is 3.15. The van der Waals surface area contributed by atoms with Gasteiger partial charge in [-0.3, -0.25) is 9.69 Å². The minimum Gasteiger partial charge on any atom is -0.381 e. The highest BCUT2D eigenvalue weighted by atomic mass is 32.1. The Bertz CT molecular complexity index is 503. The molecule has 0 N–H and O–H groups in total. The van der Waals surface area contributed by atoms with Gasteiger partial charge in [0.25, 0.3) is 5.91 Å². The van der Waals surface area contributed by atoms with Crippen molar-refractivity contribution >= 4 is 17.2 Å². The van der Waals surface area contributed by atoms with Gasteiger partial charge >= 0.3 is 0 Å². The quantitative estimate of drug-likeness (QED) is 0.835. The molecule has 0 unspecified atom stereocenters. The molecule has 1 aromatic heterocycles. The molecule has 5 heteroatoms. The highest BCUT2D eigenvalue weighted by molar-refractivity contribution is 7.08. The van der Waals surface area contributed by atoms with Crippen molar-refractivity contribution in [2.75, 3.05) is 32.8 Å². The summed E-state index contributed by atoms with van der Waals surface area (Å²) < 4.78 is 5.52. The van der Waals surface area contributed by atoms with E-state index in [-0.39, 0.29) is 5.91 Å². The van der Waals surface area contributed by atoms with Gasteiger partial charge in [0.05, 0.1) is 5.56 Å². The van der Waals surface area contributed by atoms with Crippen LogP contribution in [0.15, 0.2) is 16.8 Å². The van der Waals surface area contributed by atoms with Crippen molar-refractivity contribution < 1.29 is 9.53 Å². The summed E-state index contributed by atoms with van der Waals surface area (Å²) in [5, 5.41) is 3.93. The maximum absolute atomic E-state index is 12.4. The first-order valence-electron chi connectivity index (χ1n) is 8.46. The van der Waals surface area contributed by atoms with Crippen LogP contribution in [0.5, 0.6) is 0 Å². The Labute approximate surface area is 136 Å². The monoisotopic (exact) mass is 320 g/mol. The van der Waals surface area contributed by atoms with Crippen molar-refractivity contribution in [1.29, 1.82) is 0 Å². The molecule has 0 aromatic carbocycles. The predicted octanol–water partition coefficient (Wildman–Crippen LogP) is 2.46. The molecular weight excluding hydrogens is 296 g/mol. The zero-order valence-electron chi connectivity index (χ0n) is 12.9. The van der Waals surface area contributed by atoms with Crippen LogP contribution in [0.1, 0.15) is 36.0 Å². The van der Waals surface area contributed by atoms with E-state index in [2.05, 4.69) is 4.90 Å². The summed E-state index contributed by atoms with van der Waals surface area (Å²) in [6.45, 7) is 4.83. The largest absolute Gasteiger partial charge is 0.381 e. The molecule has 4 rings (SSSR count). The molecule has 3 fully saturated rings. The number of carbonyl (C=O) groups excluding carboxylic acids is 1. The number of carbonyl (C=O) groups is 1. The molecule has 0 spiro atoms. The fourth-order valence-electron chi connectivity index (χ4n) is 3.61. The molecule has 1 saturated carbocycles. The van der Waals surface area contributed by atoms with E-state index in [9.17, 15) is 4.79 Å². The van der Waals surface area contributed by atoms with Crippen LogP contribution in [0.4, 0.5) is 0 Å². The summed E-state index contributed by atoms with van der Waals surface area (Å²) in [5.74, 6) is 1.11. The zero-order valence-corrected chi connectivity index (χ0v) is 13.8. The Morgan fingerprint density at radius 1 is 1.23 bits per heavy atom. The van der Waals surface area contributed by atoms with E-state index in [4.69, 9.17) is 4.74 Å². The van der Waals surface area contributed by atoms with Crippen LogP contribution in [0.25, 0.3) is 0 Å². The second kappa shape index (κ2) is 6.30. The molecule has 120 valence electrons. The molecule has 0 atom stereocenters. The summed E-state index contributed by atoms with van der Waals surface area (Å²) in [7, 11) is 0. The third-order valence-corrected chi connectivity index (χ3v) is 5.90. The number of hydrogen-bond donors (Lipinski definition) is 0. The molecule has 2 aliphatic heterocycles. The van der Waals surface area contributed by atoms with Gasteiger partial charge < -0.3 is 9.64 Å². The summed E-state index contributed by atoms with van der Waals surface area (Å²) >= 11 is 1.59. The molecule has 22 heavy (non-hydrogen) atoms. The number of nitrogens with zero attached hydrogens (tertiary/aromatic N) is 2. The Morgan fingerprint density at radius 2 is 2.00 bits per heavy atom. The maximum atomic E-state index is 12.4. The van der Waals surface area contributed by atoms with E-state index in [1.807, 2.05) is 21.7 Å². The van der Waals surface area contributed by atoms with Gasteiger partial charge in [-0.05, 0) is 43.0 Å². The fraction of sp³-hybridized carbons (Fsp3) is 0.706. The lowest BCUT2D eigenvalue weighted by molar-refractivity contribution is -0.0267. The van der Waals surface area contributed by atoms with Crippen molar-refractivity contribution in [2.24, 2.45) is 5.92 Å². The molecule has 0 radical (unpaired) electrons. The van der Waals surface area contributed by atoms with Crippen LogP contribution >= 0.6 is 11.3 Å². The second-order valence-corrected chi connectivity index (χ2v) is 7.64. The third-order valence-electron chi connectivity index (χ3n) is 5.21. The van der Waals surface area contributed by atoms with Crippen LogP contribution in [0.3, 0.4) is 0 Å². The van der Waals surface area contributed by atoms with Crippen LogP contribution in [0.2, 0.25) is 0 Å². The van der Waals surface area contributed by atoms with Gasteiger partial charge in [0.1, 0.15) is 0 Å². The van der Waals surface area contributed by atoms with Crippen LogP contribution in [-0.4, -0.2) is 60.6 Å². The maximum Gasteiger partial charge on any atom is 0.254 e. The highest BCUT2D eigenvalue weighted by Gasteiger charge is 2.40. The molecule has 1 amide bonds. The molecule has 1 aliphatic carbocycles. The van der Waals surface area contributed by atoms with Gasteiger partial charge in [-0.2, -0.15) is 11.3 Å². The van der Waals surface area contributed by atoms with Crippen molar-refractivity contribution in [3.8, 4) is 0 Å². The van der Waals surface area contributed by atoms with E-state index >= 15 is 0 Å². The van der Waals surface area contributed by atoms with Gasteiger partial charge in [-0.15, -0.1) is 0 Å². The average molecular weight is 320 g/mol. The van der Waals surface area contributed by atoms with Crippen molar-refractivity contribution in [2.45, 2.75) is 37.8 Å². The van der Waals surface area contributed by atoms with Crippen LogP contribution < -0.4 is 0 Å². The van der Waals surface area contributed by atoms with Gasteiger partial charge in [-0.1, -0.05) is 0 Å². The number of likely N-dealkylation sites (tertiary alicyclic amines) is 1.